The van der Waals surface area contributed by atoms with Gasteiger partial charge in [0.05, 0.1) is 13.7 Å². The lowest BCUT2D eigenvalue weighted by Gasteiger charge is -2.25. The van der Waals surface area contributed by atoms with Crippen molar-refractivity contribution in [1.82, 2.24) is 0 Å². The Balaban J connectivity index is 3.47. The molecule has 0 aliphatic carbocycles. The maximum absolute atomic E-state index is 10.9. The van der Waals surface area contributed by atoms with Crippen LogP contribution in [-0.2, 0) is 5.41 Å². The minimum absolute atomic E-state index is 0.160. The first-order chi connectivity index (χ1) is 7.83. The molecule has 0 aromatic heterocycles. The molecule has 0 saturated carbocycles. The fourth-order valence-corrected chi connectivity index (χ4v) is 1.52. The molecule has 0 unspecified atom stereocenters. The van der Waals surface area contributed by atoms with Crippen LogP contribution in [0.4, 0.5) is 0 Å². The van der Waals surface area contributed by atoms with Gasteiger partial charge in [0.25, 0.3) is 0 Å². The fourth-order valence-electron chi connectivity index (χ4n) is 1.52. The molecule has 5 nitrogen and oxygen atoms in total. The van der Waals surface area contributed by atoms with Crippen LogP contribution < -0.4 is 4.74 Å². The standard InChI is InChI=1S/C12H16O5/c1-12(2,6-13)8-4-7(11(15)16)9(14)5-10(8)17-3/h4-5,13-14H,6H2,1-3H3,(H,15,16). The maximum atomic E-state index is 10.9. The second-order valence-corrected chi connectivity index (χ2v) is 4.42. The Bertz CT molecular complexity index is 437. The second-order valence-electron chi connectivity index (χ2n) is 4.42. The highest BCUT2D eigenvalue weighted by molar-refractivity contribution is 5.91. The van der Waals surface area contributed by atoms with E-state index in [1.54, 1.807) is 13.8 Å². The lowest BCUT2D eigenvalue weighted by molar-refractivity contribution is 0.0693. The predicted octanol–water partition coefficient (Wildman–Crippen LogP) is 1.37. The molecule has 0 amide bonds. The van der Waals surface area contributed by atoms with Gasteiger partial charge in [0.1, 0.15) is 17.1 Å². The fraction of sp³-hybridized carbons (Fsp3) is 0.417. The Morgan fingerprint density at radius 2 is 2.00 bits per heavy atom. The van der Waals surface area contributed by atoms with Crippen molar-refractivity contribution in [1.29, 1.82) is 0 Å². The van der Waals surface area contributed by atoms with Crippen molar-refractivity contribution in [2.45, 2.75) is 19.3 Å². The summed E-state index contributed by atoms with van der Waals surface area (Å²) in [6.07, 6.45) is 0. The number of rotatable bonds is 4. The van der Waals surface area contributed by atoms with Crippen molar-refractivity contribution in [3.05, 3.63) is 23.3 Å². The first kappa shape index (κ1) is 13.3. The molecule has 3 N–H and O–H groups in total. The van der Waals surface area contributed by atoms with Gasteiger partial charge in [0.2, 0.25) is 0 Å². The van der Waals surface area contributed by atoms with E-state index in [9.17, 15) is 15.0 Å². The van der Waals surface area contributed by atoms with Crippen molar-refractivity contribution < 1.29 is 24.9 Å². The van der Waals surface area contributed by atoms with E-state index in [0.29, 0.717) is 11.3 Å². The number of carbonyl (C=O) groups is 1. The maximum Gasteiger partial charge on any atom is 0.339 e. The molecule has 17 heavy (non-hydrogen) atoms. The minimum atomic E-state index is -1.22. The van der Waals surface area contributed by atoms with Crippen LogP contribution in [0, 0.1) is 0 Å². The number of benzene rings is 1. The third-order valence-electron chi connectivity index (χ3n) is 2.67. The topological polar surface area (TPSA) is 87.0 Å². The molecule has 0 atom stereocenters. The minimum Gasteiger partial charge on any atom is -0.507 e. The summed E-state index contributed by atoms with van der Waals surface area (Å²) in [6, 6.07) is 2.57. The van der Waals surface area contributed by atoms with Crippen LogP contribution in [0.25, 0.3) is 0 Å². The van der Waals surface area contributed by atoms with E-state index < -0.39 is 11.4 Å². The molecule has 94 valence electrons. The zero-order chi connectivity index (χ0) is 13.2. The molecule has 0 aliphatic heterocycles. The van der Waals surface area contributed by atoms with Gasteiger partial charge in [-0.05, 0) is 6.07 Å². The van der Waals surface area contributed by atoms with Crippen LogP contribution in [0.3, 0.4) is 0 Å². The van der Waals surface area contributed by atoms with Gasteiger partial charge in [-0.1, -0.05) is 13.8 Å². The van der Waals surface area contributed by atoms with Crippen LogP contribution in [0.1, 0.15) is 29.8 Å². The van der Waals surface area contributed by atoms with Crippen LogP contribution in [-0.4, -0.2) is 35.0 Å². The molecular formula is C12H16O5. The van der Waals surface area contributed by atoms with E-state index in [2.05, 4.69) is 0 Å². The van der Waals surface area contributed by atoms with Gasteiger partial charge >= 0.3 is 5.97 Å². The number of methoxy groups -OCH3 is 1. The van der Waals surface area contributed by atoms with Crippen LogP contribution in [0.15, 0.2) is 12.1 Å². The summed E-state index contributed by atoms with van der Waals surface area (Å²) in [4.78, 5) is 10.9. The molecule has 5 heteroatoms. The summed E-state index contributed by atoms with van der Waals surface area (Å²) in [5, 5.41) is 27.8. The molecule has 0 heterocycles. The van der Waals surface area contributed by atoms with Gasteiger partial charge in [-0.2, -0.15) is 0 Å². The van der Waals surface area contributed by atoms with Gasteiger partial charge in [-0.25, -0.2) is 4.79 Å². The zero-order valence-corrected chi connectivity index (χ0v) is 10.0. The van der Waals surface area contributed by atoms with Crippen LogP contribution in [0.2, 0.25) is 0 Å². The Morgan fingerprint density at radius 1 is 1.41 bits per heavy atom. The highest BCUT2D eigenvalue weighted by Gasteiger charge is 2.26. The third-order valence-corrected chi connectivity index (χ3v) is 2.67. The molecular weight excluding hydrogens is 224 g/mol. The number of ether oxygens (including phenoxy) is 1. The monoisotopic (exact) mass is 240 g/mol. The lowest BCUT2D eigenvalue weighted by Crippen LogP contribution is -2.23. The molecule has 0 saturated heterocycles. The van der Waals surface area contributed by atoms with E-state index in [4.69, 9.17) is 9.84 Å². The van der Waals surface area contributed by atoms with E-state index in [-0.39, 0.29) is 17.9 Å². The number of carboxylic acid groups (broad SMARTS) is 1. The first-order valence-electron chi connectivity index (χ1n) is 5.09. The van der Waals surface area contributed by atoms with Crippen LogP contribution in [0.5, 0.6) is 11.5 Å². The summed E-state index contributed by atoms with van der Waals surface area (Å²) >= 11 is 0. The van der Waals surface area contributed by atoms with Crippen molar-refractivity contribution in [2.24, 2.45) is 0 Å². The first-order valence-corrected chi connectivity index (χ1v) is 5.09. The van der Waals surface area contributed by atoms with Gasteiger partial charge in [-0.3, -0.25) is 0 Å². The number of phenols is 1. The number of aliphatic hydroxyl groups is 1. The summed E-state index contributed by atoms with van der Waals surface area (Å²) in [7, 11) is 1.42. The molecule has 1 rings (SSSR count). The molecule has 0 aliphatic rings. The van der Waals surface area contributed by atoms with E-state index in [0.717, 1.165) is 0 Å². The smallest absolute Gasteiger partial charge is 0.339 e. The lowest BCUT2D eigenvalue weighted by atomic mass is 9.84. The number of carboxylic acids is 1. The summed E-state index contributed by atoms with van der Waals surface area (Å²) in [5.41, 5.74) is -0.316. The summed E-state index contributed by atoms with van der Waals surface area (Å²) < 4.78 is 5.09. The Morgan fingerprint density at radius 3 is 2.41 bits per heavy atom. The van der Waals surface area contributed by atoms with Crippen molar-refractivity contribution in [2.75, 3.05) is 13.7 Å². The Hall–Kier alpha value is -1.75. The van der Waals surface area contributed by atoms with E-state index >= 15 is 0 Å². The number of hydrogen-bond acceptors (Lipinski definition) is 4. The number of aromatic carboxylic acids is 1. The van der Waals surface area contributed by atoms with Gasteiger partial charge in [0.15, 0.2) is 0 Å². The van der Waals surface area contributed by atoms with Gasteiger partial charge in [0, 0.05) is 17.0 Å². The van der Waals surface area contributed by atoms with Crippen LogP contribution >= 0.6 is 0 Å². The van der Waals surface area contributed by atoms with Crippen molar-refractivity contribution in [3.8, 4) is 11.5 Å². The molecule has 1 aromatic rings. The highest BCUT2D eigenvalue weighted by Crippen LogP contribution is 2.36. The SMILES string of the molecule is COc1cc(O)c(C(=O)O)cc1C(C)(C)CO. The molecule has 0 bridgehead atoms. The molecule has 0 fully saturated rings. The number of hydrogen-bond donors (Lipinski definition) is 3. The zero-order valence-electron chi connectivity index (χ0n) is 10.0. The quantitative estimate of drug-likeness (QED) is 0.739. The summed E-state index contributed by atoms with van der Waals surface area (Å²) in [6.45, 7) is 3.36. The molecule has 0 radical (unpaired) electrons. The average molecular weight is 240 g/mol. The van der Waals surface area contributed by atoms with Crippen molar-refractivity contribution in [3.63, 3.8) is 0 Å². The Labute approximate surface area is 99.3 Å². The van der Waals surface area contributed by atoms with E-state index in [1.165, 1.54) is 19.2 Å². The Kier molecular flexibility index (Phi) is 3.63. The average Bonchev–Trinajstić information content (AvgIpc) is 2.27. The second kappa shape index (κ2) is 4.63. The van der Waals surface area contributed by atoms with Gasteiger partial charge < -0.3 is 20.1 Å². The third kappa shape index (κ3) is 2.50. The summed E-state index contributed by atoms with van der Waals surface area (Å²) in [5.74, 6) is -1.22. The number of aliphatic hydroxyl groups excluding tert-OH is 1. The normalized spacial score (nSPS) is 11.3. The largest absolute Gasteiger partial charge is 0.507 e. The molecule has 1 aromatic carbocycles. The number of aromatic hydroxyl groups is 1. The predicted molar refractivity (Wildman–Crippen MR) is 61.7 cm³/mol. The highest BCUT2D eigenvalue weighted by atomic mass is 16.5. The van der Waals surface area contributed by atoms with E-state index in [1.807, 2.05) is 0 Å². The molecule has 0 spiro atoms. The van der Waals surface area contributed by atoms with Crippen molar-refractivity contribution >= 4 is 5.97 Å². The van der Waals surface area contributed by atoms with Gasteiger partial charge in [-0.15, -0.1) is 0 Å².